The van der Waals surface area contributed by atoms with Gasteiger partial charge in [-0.1, -0.05) is 17.7 Å². The van der Waals surface area contributed by atoms with Crippen LogP contribution in [0.2, 0.25) is 0 Å². The molecule has 5 nitrogen and oxygen atoms in total. The number of urea groups is 1. The Morgan fingerprint density at radius 2 is 1.68 bits per heavy atom. The van der Waals surface area contributed by atoms with E-state index in [4.69, 9.17) is 0 Å². The van der Waals surface area contributed by atoms with Crippen molar-refractivity contribution in [2.75, 3.05) is 0 Å². The minimum absolute atomic E-state index is 0.272. The summed E-state index contributed by atoms with van der Waals surface area (Å²) in [5, 5.41) is 4.71. The highest BCUT2D eigenvalue weighted by molar-refractivity contribution is 6.14. The van der Waals surface area contributed by atoms with Gasteiger partial charge in [0, 0.05) is 17.1 Å². The fraction of sp³-hybridized carbons (Fsp3) is 0.176. The van der Waals surface area contributed by atoms with Gasteiger partial charge in [-0.2, -0.15) is 0 Å². The molecule has 0 spiro atoms. The molecular formula is C17H17N3O2. The van der Waals surface area contributed by atoms with Crippen LogP contribution in [0.25, 0.3) is 11.8 Å². The lowest BCUT2D eigenvalue weighted by Gasteiger charge is -2.10. The number of nitrogens with zero attached hydrogens (tertiary/aromatic N) is 1. The zero-order valence-electron chi connectivity index (χ0n) is 12.7. The number of amides is 3. The summed E-state index contributed by atoms with van der Waals surface area (Å²) in [5.74, 6) is -0.398. The van der Waals surface area contributed by atoms with E-state index >= 15 is 0 Å². The molecule has 0 radical (unpaired) electrons. The number of aryl methyl sites for hydroxylation is 2. The topological polar surface area (TPSA) is 63.1 Å². The van der Waals surface area contributed by atoms with Crippen molar-refractivity contribution >= 4 is 18.0 Å². The lowest BCUT2D eigenvalue weighted by molar-refractivity contribution is -0.115. The van der Waals surface area contributed by atoms with E-state index in [2.05, 4.69) is 46.4 Å². The zero-order chi connectivity index (χ0) is 15.9. The molecule has 1 saturated heterocycles. The van der Waals surface area contributed by atoms with Crippen LogP contribution in [0.15, 0.2) is 36.0 Å². The van der Waals surface area contributed by atoms with Gasteiger partial charge in [0.1, 0.15) is 5.70 Å². The van der Waals surface area contributed by atoms with Gasteiger partial charge in [-0.05, 0) is 50.6 Å². The van der Waals surface area contributed by atoms with Crippen LogP contribution < -0.4 is 10.6 Å². The number of carbonyl (C=O) groups is 2. The van der Waals surface area contributed by atoms with Crippen LogP contribution in [-0.4, -0.2) is 16.5 Å². The zero-order valence-corrected chi connectivity index (χ0v) is 12.7. The van der Waals surface area contributed by atoms with Gasteiger partial charge in [0.05, 0.1) is 0 Å². The maximum Gasteiger partial charge on any atom is 0.326 e. The molecule has 2 heterocycles. The van der Waals surface area contributed by atoms with Crippen molar-refractivity contribution in [3.8, 4) is 5.69 Å². The summed E-state index contributed by atoms with van der Waals surface area (Å²) in [6.07, 6.45) is 1.70. The fourth-order valence-electron chi connectivity index (χ4n) is 2.66. The molecule has 5 heteroatoms. The summed E-state index contributed by atoms with van der Waals surface area (Å²) in [6, 6.07) is 9.78. The average Bonchev–Trinajstić information content (AvgIpc) is 2.92. The van der Waals surface area contributed by atoms with Crippen molar-refractivity contribution in [2.45, 2.75) is 20.8 Å². The highest BCUT2D eigenvalue weighted by Crippen LogP contribution is 2.23. The molecule has 3 rings (SSSR count). The first-order valence-corrected chi connectivity index (χ1v) is 7.06. The number of carbonyl (C=O) groups excluding carboxylic acids is 2. The Hall–Kier alpha value is -2.82. The van der Waals surface area contributed by atoms with E-state index in [0.29, 0.717) is 0 Å². The van der Waals surface area contributed by atoms with Crippen molar-refractivity contribution in [3.63, 3.8) is 0 Å². The molecule has 1 aromatic carbocycles. The number of benzene rings is 1. The fourth-order valence-corrected chi connectivity index (χ4v) is 2.66. The molecule has 0 atom stereocenters. The molecule has 1 fully saturated rings. The molecular weight excluding hydrogens is 278 g/mol. The van der Waals surface area contributed by atoms with E-state index in [1.807, 2.05) is 19.9 Å². The minimum atomic E-state index is -0.483. The van der Waals surface area contributed by atoms with Gasteiger partial charge in [0.25, 0.3) is 5.91 Å². The van der Waals surface area contributed by atoms with Gasteiger partial charge < -0.3 is 9.88 Å². The number of aromatic nitrogens is 1. The van der Waals surface area contributed by atoms with Crippen molar-refractivity contribution in [2.24, 2.45) is 0 Å². The smallest absolute Gasteiger partial charge is 0.318 e. The van der Waals surface area contributed by atoms with Gasteiger partial charge >= 0.3 is 6.03 Å². The second-order valence-electron chi connectivity index (χ2n) is 5.46. The summed E-state index contributed by atoms with van der Waals surface area (Å²) in [4.78, 5) is 22.8. The van der Waals surface area contributed by atoms with Crippen LogP contribution in [-0.2, 0) is 4.79 Å². The minimum Gasteiger partial charge on any atom is -0.318 e. The Kier molecular flexibility index (Phi) is 3.33. The number of hydrogen-bond acceptors (Lipinski definition) is 2. The van der Waals surface area contributed by atoms with E-state index in [0.717, 1.165) is 22.6 Å². The van der Waals surface area contributed by atoms with Crippen LogP contribution in [0.4, 0.5) is 4.79 Å². The Balaban J connectivity index is 2.04. The third kappa shape index (κ3) is 2.41. The third-order valence-electron chi connectivity index (χ3n) is 3.78. The SMILES string of the molecule is Cc1ccc(-n2c(C)cc(/C=C3\NC(=O)NC3=O)c2C)cc1. The standard InChI is InChI=1S/C17H17N3O2/c1-10-4-6-14(7-5-10)20-11(2)8-13(12(20)3)9-15-16(21)19-17(22)18-15/h4-9H,1-3H3,(H2,18,19,21,22)/b15-9-. The normalized spacial score (nSPS) is 16.0. The number of imide groups is 1. The van der Waals surface area contributed by atoms with E-state index < -0.39 is 11.9 Å². The van der Waals surface area contributed by atoms with E-state index in [1.165, 1.54) is 5.56 Å². The maximum atomic E-state index is 11.6. The molecule has 1 aliphatic rings. The molecule has 0 saturated carbocycles. The predicted molar refractivity (Wildman–Crippen MR) is 84.6 cm³/mol. The van der Waals surface area contributed by atoms with Crippen LogP contribution in [0.5, 0.6) is 0 Å². The van der Waals surface area contributed by atoms with Crippen LogP contribution in [0.1, 0.15) is 22.5 Å². The first-order chi connectivity index (χ1) is 10.5. The van der Waals surface area contributed by atoms with E-state index in [-0.39, 0.29) is 5.70 Å². The van der Waals surface area contributed by atoms with Crippen LogP contribution >= 0.6 is 0 Å². The highest BCUT2D eigenvalue weighted by Gasteiger charge is 2.23. The average molecular weight is 295 g/mol. The molecule has 0 unspecified atom stereocenters. The monoisotopic (exact) mass is 295 g/mol. The lowest BCUT2D eigenvalue weighted by atomic mass is 10.2. The van der Waals surface area contributed by atoms with E-state index in [9.17, 15) is 9.59 Å². The molecule has 2 N–H and O–H groups in total. The summed E-state index contributed by atoms with van der Waals surface area (Å²) in [6.45, 7) is 6.06. The number of rotatable bonds is 2. The predicted octanol–water partition coefficient (Wildman–Crippen LogP) is 2.58. The van der Waals surface area contributed by atoms with E-state index in [1.54, 1.807) is 6.08 Å². The second-order valence-corrected chi connectivity index (χ2v) is 5.46. The Morgan fingerprint density at radius 1 is 1.00 bits per heavy atom. The largest absolute Gasteiger partial charge is 0.326 e. The molecule has 2 aromatic rings. The van der Waals surface area contributed by atoms with Gasteiger partial charge in [-0.3, -0.25) is 10.1 Å². The van der Waals surface area contributed by atoms with Gasteiger partial charge in [0.2, 0.25) is 0 Å². The second kappa shape index (κ2) is 5.18. The van der Waals surface area contributed by atoms with Gasteiger partial charge in [0.15, 0.2) is 0 Å². The third-order valence-corrected chi connectivity index (χ3v) is 3.78. The van der Waals surface area contributed by atoms with Gasteiger partial charge in [-0.25, -0.2) is 4.79 Å². The molecule has 1 aromatic heterocycles. The van der Waals surface area contributed by atoms with Gasteiger partial charge in [-0.15, -0.1) is 0 Å². The summed E-state index contributed by atoms with van der Waals surface area (Å²) >= 11 is 0. The molecule has 112 valence electrons. The Bertz CT molecular complexity index is 798. The first kappa shape index (κ1) is 14.1. The lowest BCUT2D eigenvalue weighted by Crippen LogP contribution is -2.22. The highest BCUT2D eigenvalue weighted by atomic mass is 16.2. The van der Waals surface area contributed by atoms with Crippen molar-refractivity contribution in [1.29, 1.82) is 0 Å². The Labute approximate surface area is 128 Å². The van der Waals surface area contributed by atoms with Crippen molar-refractivity contribution < 1.29 is 9.59 Å². The summed E-state index contributed by atoms with van der Waals surface area (Å²) in [5.41, 5.74) is 5.55. The number of nitrogens with one attached hydrogen (secondary N) is 2. The molecule has 0 bridgehead atoms. The van der Waals surface area contributed by atoms with Crippen molar-refractivity contribution in [1.82, 2.24) is 15.2 Å². The summed E-state index contributed by atoms with van der Waals surface area (Å²) < 4.78 is 2.13. The van der Waals surface area contributed by atoms with Crippen molar-refractivity contribution in [3.05, 3.63) is 58.5 Å². The van der Waals surface area contributed by atoms with Crippen LogP contribution in [0, 0.1) is 20.8 Å². The quantitative estimate of drug-likeness (QED) is 0.660. The van der Waals surface area contributed by atoms with Crippen LogP contribution in [0.3, 0.4) is 0 Å². The molecule has 22 heavy (non-hydrogen) atoms. The maximum absolute atomic E-state index is 11.6. The molecule has 1 aliphatic heterocycles. The molecule has 3 amide bonds. The Morgan fingerprint density at radius 3 is 2.27 bits per heavy atom. The summed E-state index contributed by atoms with van der Waals surface area (Å²) in [7, 11) is 0. The molecule has 0 aliphatic carbocycles. The first-order valence-electron chi connectivity index (χ1n) is 7.06. The number of hydrogen-bond donors (Lipinski definition) is 2.